The number of nitrogens with zero attached hydrogens (tertiary/aromatic N) is 2. The smallest absolute Gasteiger partial charge is 0.261 e. The van der Waals surface area contributed by atoms with Crippen molar-refractivity contribution in [2.45, 2.75) is 76.8 Å². The van der Waals surface area contributed by atoms with Crippen LogP contribution in [0.2, 0.25) is 36.3 Å². The summed E-state index contributed by atoms with van der Waals surface area (Å²) in [6, 6.07) is 15.7. The minimum absolute atomic E-state index is 0.113. The molecule has 6 heteroatoms. The fourth-order valence-corrected chi connectivity index (χ4v) is 21.7. The molecular formula is C22H36N2O2Si2. The zero-order chi connectivity index (χ0) is 20.4. The maximum Gasteiger partial charge on any atom is 0.261 e. The van der Waals surface area contributed by atoms with Gasteiger partial charge in [0.05, 0.1) is 11.1 Å². The third-order valence-corrected chi connectivity index (χ3v) is 21.4. The normalized spacial score (nSPS) is 20.8. The second-order valence-corrected chi connectivity index (χ2v) is 18.8. The highest BCUT2D eigenvalue weighted by Gasteiger charge is 2.53. The first-order valence-electron chi connectivity index (χ1n) is 11.2. The molecule has 1 fully saturated rings. The van der Waals surface area contributed by atoms with E-state index in [1.54, 1.807) is 12.1 Å². The van der Waals surface area contributed by atoms with E-state index in [1.165, 1.54) is 47.7 Å². The molecule has 0 radical (unpaired) electrons. The zero-order valence-corrected chi connectivity index (χ0v) is 20.1. The van der Waals surface area contributed by atoms with E-state index in [1.807, 2.05) is 12.1 Å². The van der Waals surface area contributed by atoms with Crippen LogP contribution >= 0.6 is 0 Å². The van der Waals surface area contributed by atoms with E-state index in [-0.39, 0.29) is 11.8 Å². The van der Waals surface area contributed by atoms with Crippen LogP contribution in [0.1, 0.15) is 61.3 Å². The van der Waals surface area contributed by atoms with E-state index in [0.29, 0.717) is 17.7 Å². The van der Waals surface area contributed by atoms with Crippen LogP contribution in [0.3, 0.4) is 0 Å². The van der Waals surface area contributed by atoms with E-state index >= 15 is 0 Å². The fourth-order valence-electron chi connectivity index (χ4n) is 5.67. The molecule has 2 aliphatic heterocycles. The first-order chi connectivity index (χ1) is 13.5. The van der Waals surface area contributed by atoms with Gasteiger partial charge < -0.3 is 4.23 Å². The van der Waals surface area contributed by atoms with Gasteiger partial charge in [-0.2, -0.15) is 0 Å². The lowest BCUT2D eigenvalue weighted by molar-refractivity contribution is 0.0651. The van der Waals surface area contributed by atoms with Gasteiger partial charge in [-0.05, 0) is 67.8 Å². The summed E-state index contributed by atoms with van der Waals surface area (Å²) in [6.07, 6.45) is 2.01. The van der Waals surface area contributed by atoms with Gasteiger partial charge in [0.15, 0.2) is 0 Å². The van der Waals surface area contributed by atoms with E-state index in [2.05, 4.69) is 31.9 Å². The molecule has 2 amide bonds. The fraction of sp³-hybridized carbons (Fsp3) is 0.636. The number of carbonyl (C=O) groups is 2. The van der Waals surface area contributed by atoms with Gasteiger partial charge in [-0.3, -0.25) is 14.5 Å². The van der Waals surface area contributed by atoms with E-state index in [9.17, 15) is 9.59 Å². The molecule has 0 saturated carbocycles. The lowest BCUT2D eigenvalue weighted by Gasteiger charge is -2.45. The molecule has 0 aliphatic carbocycles. The largest absolute Gasteiger partial charge is 0.345 e. The zero-order valence-electron chi connectivity index (χ0n) is 18.1. The van der Waals surface area contributed by atoms with Crippen molar-refractivity contribution in [1.29, 1.82) is 0 Å². The molecule has 2 aliphatic rings. The van der Waals surface area contributed by atoms with Crippen molar-refractivity contribution in [1.82, 2.24) is 9.13 Å². The number of imide groups is 1. The Labute approximate surface area is 172 Å². The number of rotatable bonds is 9. The van der Waals surface area contributed by atoms with E-state index in [4.69, 9.17) is 0 Å². The van der Waals surface area contributed by atoms with Gasteiger partial charge in [0, 0.05) is 6.54 Å². The van der Waals surface area contributed by atoms with Gasteiger partial charge in [-0.1, -0.05) is 39.8 Å². The topological polar surface area (TPSA) is 40.6 Å². The van der Waals surface area contributed by atoms with Crippen LogP contribution in [0.15, 0.2) is 24.3 Å². The van der Waals surface area contributed by atoms with Crippen LogP contribution in [0.25, 0.3) is 0 Å². The molecular weight excluding hydrogens is 380 g/mol. The van der Waals surface area contributed by atoms with Crippen LogP contribution in [0.4, 0.5) is 0 Å². The number of fused-ring (bicyclic) bond motifs is 1. The lowest BCUT2D eigenvalue weighted by atomic mass is 10.1. The summed E-state index contributed by atoms with van der Waals surface area (Å²) in [4.78, 5) is 26.6. The Morgan fingerprint density at radius 2 is 1.18 bits per heavy atom. The molecule has 0 atom stereocenters. The summed E-state index contributed by atoms with van der Waals surface area (Å²) < 4.78 is 3.09. The van der Waals surface area contributed by atoms with Gasteiger partial charge in [0.25, 0.3) is 11.8 Å². The number of hydrogen-bond donors (Lipinski definition) is 0. The molecule has 0 aromatic heterocycles. The van der Waals surface area contributed by atoms with Crippen molar-refractivity contribution >= 4 is 28.3 Å². The number of hydrogen-bond acceptors (Lipinski definition) is 3. The van der Waals surface area contributed by atoms with Crippen molar-refractivity contribution < 1.29 is 9.59 Å². The molecule has 1 aromatic rings. The maximum absolute atomic E-state index is 12.6. The van der Waals surface area contributed by atoms with Crippen LogP contribution in [0, 0.1) is 0 Å². The summed E-state index contributed by atoms with van der Waals surface area (Å²) in [6.45, 7) is 11.4. The SMILES string of the molecule is CC[Si]1(CC)CC[Si](CC)(CC)N1CCCCN1C(=O)c2ccccc2C1=O. The molecule has 0 unspecified atom stereocenters. The molecule has 0 N–H and O–H groups in total. The second-order valence-electron chi connectivity index (χ2n) is 8.53. The molecule has 28 heavy (non-hydrogen) atoms. The van der Waals surface area contributed by atoms with Crippen molar-refractivity contribution in [3.63, 3.8) is 0 Å². The Kier molecular flexibility index (Phi) is 6.62. The highest BCUT2D eigenvalue weighted by molar-refractivity contribution is 6.97. The van der Waals surface area contributed by atoms with Gasteiger partial charge in [-0.15, -0.1) is 0 Å². The van der Waals surface area contributed by atoms with Gasteiger partial charge >= 0.3 is 0 Å². The minimum Gasteiger partial charge on any atom is -0.345 e. The number of unbranched alkanes of at least 4 members (excludes halogenated alkanes) is 1. The predicted octanol–water partition coefficient (Wildman–Crippen LogP) is 5.35. The monoisotopic (exact) mass is 416 g/mol. The van der Waals surface area contributed by atoms with Crippen LogP contribution in [0.5, 0.6) is 0 Å². The Morgan fingerprint density at radius 1 is 0.750 bits per heavy atom. The molecule has 4 nitrogen and oxygen atoms in total. The standard InChI is InChI=1S/C22H36N2O2Si2/c1-5-27(6-2)17-18-28(7-3,8-4)24(27)16-12-11-15-23-21(25)19-13-9-10-14-20(19)22(23)26/h9-10,13-14H,5-8,11-12,15-18H2,1-4H3. The van der Waals surface area contributed by atoms with E-state index in [0.717, 1.165) is 12.8 Å². The van der Waals surface area contributed by atoms with Crippen molar-refractivity contribution in [3.05, 3.63) is 35.4 Å². The molecule has 0 spiro atoms. The third-order valence-electron chi connectivity index (χ3n) is 7.72. The Morgan fingerprint density at radius 3 is 1.61 bits per heavy atom. The molecule has 0 bridgehead atoms. The summed E-state index contributed by atoms with van der Waals surface area (Å²) in [7, 11) is -2.60. The Bertz CT molecular complexity index is 674. The second kappa shape index (κ2) is 8.63. The maximum atomic E-state index is 12.6. The number of benzene rings is 1. The highest BCUT2D eigenvalue weighted by atomic mass is 28.4. The van der Waals surface area contributed by atoms with Gasteiger partial charge in [0.1, 0.15) is 16.5 Å². The minimum atomic E-state index is -1.30. The van der Waals surface area contributed by atoms with Gasteiger partial charge in [0.2, 0.25) is 0 Å². The summed E-state index contributed by atoms with van der Waals surface area (Å²) in [5.74, 6) is -0.225. The number of amides is 2. The molecule has 1 saturated heterocycles. The van der Waals surface area contributed by atoms with Crippen LogP contribution < -0.4 is 0 Å². The highest BCUT2D eigenvalue weighted by Crippen LogP contribution is 2.45. The number of carbonyl (C=O) groups excluding carboxylic acids is 2. The van der Waals surface area contributed by atoms with E-state index < -0.39 is 16.5 Å². The first kappa shape index (κ1) is 21.5. The van der Waals surface area contributed by atoms with Crippen molar-refractivity contribution in [3.8, 4) is 0 Å². The average molecular weight is 417 g/mol. The quantitative estimate of drug-likeness (QED) is 0.309. The van der Waals surface area contributed by atoms with Crippen molar-refractivity contribution in [2.24, 2.45) is 0 Å². The summed E-state index contributed by atoms with van der Waals surface area (Å²) in [5.41, 5.74) is 1.14. The lowest BCUT2D eigenvalue weighted by Crippen LogP contribution is -2.59. The van der Waals surface area contributed by atoms with Gasteiger partial charge in [-0.25, -0.2) is 0 Å². The average Bonchev–Trinajstić information content (AvgIpc) is 3.19. The Balaban J connectivity index is 1.62. The first-order valence-corrected chi connectivity index (χ1v) is 16.3. The molecule has 3 rings (SSSR count). The molecule has 1 aromatic carbocycles. The predicted molar refractivity (Wildman–Crippen MR) is 121 cm³/mol. The van der Waals surface area contributed by atoms with Crippen LogP contribution in [-0.2, 0) is 0 Å². The van der Waals surface area contributed by atoms with Crippen molar-refractivity contribution in [2.75, 3.05) is 13.1 Å². The Hall–Kier alpha value is -1.25. The molecule has 154 valence electrons. The summed E-state index contributed by atoms with van der Waals surface area (Å²) in [5, 5.41) is 0. The summed E-state index contributed by atoms with van der Waals surface area (Å²) >= 11 is 0. The molecule has 2 heterocycles. The third kappa shape index (κ3) is 3.44. The van der Waals surface area contributed by atoms with Crippen LogP contribution in [-0.4, -0.2) is 50.5 Å².